The molecule has 4 rings (SSSR count). The number of benzene rings is 4. The first kappa shape index (κ1) is 22.9. The van der Waals surface area contributed by atoms with Gasteiger partial charge in [-0.2, -0.15) is 5.10 Å². The van der Waals surface area contributed by atoms with Crippen molar-refractivity contribution in [3.05, 3.63) is 121 Å². The summed E-state index contributed by atoms with van der Waals surface area (Å²) in [6.45, 7) is 2.12. The lowest BCUT2D eigenvalue weighted by Gasteiger charge is -2.27. The van der Waals surface area contributed by atoms with Gasteiger partial charge in [-0.15, -0.1) is 0 Å². The van der Waals surface area contributed by atoms with Gasteiger partial charge in [-0.25, -0.2) is 0 Å². The second-order valence-electron chi connectivity index (χ2n) is 7.30. The van der Waals surface area contributed by atoms with Gasteiger partial charge < -0.3 is 17.0 Å². The van der Waals surface area contributed by atoms with Gasteiger partial charge in [0.25, 0.3) is 0 Å². The number of nitrogens with zero attached hydrogens (tertiary/aromatic N) is 1. The number of nitrogens with one attached hydrogen (secondary N) is 1. The highest BCUT2D eigenvalue weighted by Crippen LogP contribution is 2.55. The molecule has 0 aromatic heterocycles. The molecule has 156 valence electrons. The molecule has 0 saturated carbocycles. The van der Waals surface area contributed by atoms with Crippen molar-refractivity contribution in [2.75, 3.05) is 11.6 Å². The van der Waals surface area contributed by atoms with Crippen LogP contribution in [0.25, 0.3) is 0 Å². The SMILES string of the molecule is CC(C[P+](c1ccccc1)(c1ccccc1)c1ccccc1)=NNc1ccccc1.[Br-]. The van der Waals surface area contributed by atoms with E-state index in [0.717, 1.165) is 17.6 Å². The third-order valence-electron chi connectivity index (χ3n) is 5.21. The molecular formula is C27H26BrN2P. The van der Waals surface area contributed by atoms with Gasteiger partial charge >= 0.3 is 0 Å². The minimum absolute atomic E-state index is 0. The zero-order valence-electron chi connectivity index (χ0n) is 17.5. The van der Waals surface area contributed by atoms with Gasteiger partial charge in [0.1, 0.15) is 29.3 Å². The molecule has 2 nitrogen and oxygen atoms in total. The van der Waals surface area contributed by atoms with Crippen molar-refractivity contribution < 1.29 is 17.0 Å². The molecule has 0 spiro atoms. The fourth-order valence-corrected chi connectivity index (χ4v) is 8.06. The number of anilines is 1. The van der Waals surface area contributed by atoms with Crippen LogP contribution in [-0.4, -0.2) is 11.9 Å². The summed E-state index contributed by atoms with van der Waals surface area (Å²) in [5.41, 5.74) is 5.31. The lowest BCUT2D eigenvalue weighted by Crippen LogP contribution is -3.00. The van der Waals surface area contributed by atoms with E-state index in [1.165, 1.54) is 15.9 Å². The quantitative estimate of drug-likeness (QED) is 0.241. The highest BCUT2D eigenvalue weighted by atomic mass is 79.9. The summed E-state index contributed by atoms with van der Waals surface area (Å²) in [5.74, 6) is 0. The monoisotopic (exact) mass is 488 g/mol. The molecule has 0 aliphatic rings. The Morgan fingerprint density at radius 3 is 1.35 bits per heavy atom. The standard InChI is InChI=1S/C27H26N2P.BrH/c1-23(28-29-24-14-6-2-7-15-24)22-30(25-16-8-3-9-17-25,26-18-10-4-11-19-26)27-20-12-5-13-21-27;/h2-21,29H,22H2,1H3;1H/q+1;/p-1. The number of rotatable bonds is 7. The van der Waals surface area contributed by atoms with E-state index in [1.54, 1.807) is 0 Å². The fraction of sp³-hybridized carbons (Fsp3) is 0.0741. The summed E-state index contributed by atoms with van der Waals surface area (Å²) in [6, 6.07) is 42.9. The largest absolute Gasteiger partial charge is 1.00 e. The number of halogens is 1. The summed E-state index contributed by atoms with van der Waals surface area (Å²) in [6.07, 6.45) is 0.880. The van der Waals surface area contributed by atoms with Gasteiger partial charge in [0.05, 0.1) is 11.4 Å². The lowest BCUT2D eigenvalue weighted by molar-refractivity contribution is -0.00000595. The molecule has 0 saturated heterocycles. The number of hydrogen-bond acceptors (Lipinski definition) is 2. The highest BCUT2D eigenvalue weighted by molar-refractivity contribution is 7.96. The Labute approximate surface area is 196 Å². The van der Waals surface area contributed by atoms with Crippen LogP contribution in [0.15, 0.2) is 126 Å². The molecule has 0 unspecified atom stereocenters. The van der Waals surface area contributed by atoms with Crippen molar-refractivity contribution in [1.29, 1.82) is 0 Å². The third kappa shape index (κ3) is 5.31. The predicted octanol–water partition coefficient (Wildman–Crippen LogP) is 2.47. The lowest BCUT2D eigenvalue weighted by atomic mass is 10.3. The van der Waals surface area contributed by atoms with Gasteiger partial charge in [-0.05, 0) is 55.5 Å². The maximum Gasteiger partial charge on any atom is 0.117 e. The Hall–Kier alpha value is -2.74. The molecule has 1 N–H and O–H groups in total. The summed E-state index contributed by atoms with van der Waals surface area (Å²) < 4.78 is 0. The van der Waals surface area contributed by atoms with Crippen molar-refractivity contribution in [2.45, 2.75) is 6.92 Å². The fourth-order valence-electron chi connectivity index (χ4n) is 3.82. The van der Waals surface area contributed by atoms with Gasteiger partial charge in [-0.3, -0.25) is 5.43 Å². The summed E-state index contributed by atoms with van der Waals surface area (Å²) in [7, 11) is -1.90. The van der Waals surface area contributed by atoms with E-state index >= 15 is 0 Å². The van der Waals surface area contributed by atoms with Crippen LogP contribution in [0, 0.1) is 0 Å². The Morgan fingerprint density at radius 1 is 0.613 bits per heavy atom. The Kier molecular flexibility index (Phi) is 8.17. The van der Waals surface area contributed by atoms with E-state index in [0.29, 0.717) is 0 Å². The highest BCUT2D eigenvalue weighted by Gasteiger charge is 2.45. The molecule has 0 radical (unpaired) electrons. The van der Waals surface area contributed by atoms with Crippen LogP contribution >= 0.6 is 7.26 Å². The van der Waals surface area contributed by atoms with Gasteiger partial charge in [0.2, 0.25) is 0 Å². The first-order valence-corrected chi connectivity index (χ1v) is 12.2. The van der Waals surface area contributed by atoms with Crippen molar-refractivity contribution >= 4 is 34.6 Å². The van der Waals surface area contributed by atoms with Gasteiger partial charge in [0, 0.05) is 0 Å². The van der Waals surface area contributed by atoms with Crippen molar-refractivity contribution in [2.24, 2.45) is 5.10 Å². The van der Waals surface area contributed by atoms with Crippen LogP contribution < -0.4 is 38.3 Å². The third-order valence-corrected chi connectivity index (χ3v) is 9.68. The van der Waals surface area contributed by atoms with Crippen molar-refractivity contribution in [3.8, 4) is 0 Å². The molecule has 31 heavy (non-hydrogen) atoms. The van der Waals surface area contributed by atoms with E-state index < -0.39 is 7.26 Å². The van der Waals surface area contributed by atoms with E-state index in [9.17, 15) is 0 Å². The molecule has 4 heteroatoms. The first-order chi connectivity index (χ1) is 14.8. The van der Waals surface area contributed by atoms with Crippen molar-refractivity contribution in [1.82, 2.24) is 0 Å². The molecule has 0 aliphatic heterocycles. The van der Waals surface area contributed by atoms with E-state index in [2.05, 4.69) is 103 Å². The second kappa shape index (κ2) is 11.0. The minimum atomic E-state index is -1.90. The molecule has 0 bridgehead atoms. The average molecular weight is 489 g/mol. The maximum atomic E-state index is 4.75. The van der Waals surface area contributed by atoms with E-state index in [4.69, 9.17) is 5.10 Å². The Balaban J connectivity index is 0.00000272. The van der Waals surface area contributed by atoms with Crippen molar-refractivity contribution in [3.63, 3.8) is 0 Å². The van der Waals surface area contributed by atoms with Crippen LogP contribution in [0.5, 0.6) is 0 Å². The van der Waals surface area contributed by atoms with Gasteiger partial charge in [0.15, 0.2) is 0 Å². The zero-order chi connectivity index (χ0) is 20.7. The Bertz CT molecular complexity index is 988. The molecular weight excluding hydrogens is 463 g/mol. The van der Waals surface area contributed by atoms with Crippen LogP contribution in [0.3, 0.4) is 0 Å². The summed E-state index contributed by atoms with van der Waals surface area (Å²) in [4.78, 5) is 0. The summed E-state index contributed by atoms with van der Waals surface area (Å²) >= 11 is 0. The summed E-state index contributed by atoms with van der Waals surface area (Å²) in [5, 5.41) is 8.87. The van der Waals surface area contributed by atoms with Crippen LogP contribution in [0.2, 0.25) is 0 Å². The molecule has 4 aromatic carbocycles. The molecule has 0 atom stereocenters. The molecule has 0 aliphatic carbocycles. The predicted molar refractivity (Wildman–Crippen MR) is 133 cm³/mol. The number of para-hydroxylation sites is 1. The number of hydrogen-bond donors (Lipinski definition) is 1. The Morgan fingerprint density at radius 2 is 0.968 bits per heavy atom. The minimum Gasteiger partial charge on any atom is -1.00 e. The van der Waals surface area contributed by atoms with E-state index in [1.807, 2.05) is 30.3 Å². The van der Waals surface area contributed by atoms with E-state index in [-0.39, 0.29) is 17.0 Å². The molecule has 4 aromatic rings. The zero-order valence-corrected chi connectivity index (χ0v) is 20.0. The van der Waals surface area contributed by atoms with Crippen LogP contribution in [-0.2, 0) is 0 Å². The normalized spacial score (nSPS) is 11.5. The molecule has 0 fully saturated rings. The van der Waals surface area contributed by atoms with Crippen LogP contribution in [0.1, 0.15) is 6.92 Å². The van der Waals surface area contributed by atoms with Crippen LogP contribution in [0.4, 0.5) is 5.69 Å². The topological polar surface area (TPSA) is 24.4 Å². The average Bonchev–Trinajstić information content (AvgIpc) is 2.83. The van der Waals surface area contributed by atoms with Gasteiger partial charge in [-0.1, -0.05) is 72.8 Å². The maximum absolute atomic E-state index is 4.75. The first-order valence-electron chi connectivity index (χ1n) is 10.2. The molecule has 0 amide bonds. The smallest absolute Gasteiger partial charge is 0.117 e. The second-order valence-corrected chi connectivity index (χ2v) is 10.8. The number of hydrazone groups is 1. The molecule has 0 heterocycles.